The van der Waals surface area contributed by atoms with E-state index in [1.165, 1.54) is 0 Å². The van der Waals surface area contributed by atoms with E-state index in [2.05, 4.69) is 16.5 Å². The third-order valence-corrected chi connectivity index (χ3v) is 4.27. The zero-order valence-corrected chi connectivity index (χ0v) is 14.9. The number of benzene rings is 1. The van der Waals surface area contributed by atoms with Gasteiger partial charge in [0.2, 0.25) is 0 Å². The van der Waals surface area contributed by atoms with Gasteiger partial charge in [-0.2, -0.15) is 10.4 Å². The summed E-state index contributed by atoms with van der Waals surface area (Å²) in [7, 11) is 0. The van der Waals surface area contributed by atoms with Crippen molar-refractivity contribution >= 4 is 5.91 Å². The zero-order valence-electron chi connectivity index (χ0n) is 14.9. The van der Waals surface area contributed by atoms with Gasteiger partial charge in [0.05, 0.1) is 24.4 Å². The van der Waals surface area contributed by atoms with Crippen molar-refractivity contribution in [3.05, 3.63) is 77.9 Å². The highest BCUT2D eigenvalue weighted by molar-refractivity contribution is 5.95. The van der Waals surface area contributed by atoms with Crippen LogP contribution in [0.1, 0.15) is 29.8 Å². The van der Waals surface area contributed by atoms with Crippen LogP contribution in [-0.2, 0) is 6.54 Å². The van der Waals surface area contributed by atoms with Crippen LogP contribution in [-0.4, -0.2) is 32.7 Å². The number of carbonyl (C=O) groups is 1. The van der Waals surface area contributed by atoms with Crippen LogP contribution in [0, 0.1) is 11.3 Å². The van der Waals surface area contributed by atoms with Gasteiger partial charge in [-0.05, 0) is 31.6 Å². The van der Waals surface area contributed by atoms with Crippen molar-refractivity contribution in [3.63, 3.8) is 0 Å². The molecule has 0 fully saturated rings. The summed E-state index contributed by atoms with van der Waals surface area (Å²) in [5.41, 5.74) is 1.77. The van der Waals surface area contributed by atoms with Crippen molar-refractivity contribution in [1.29, 1.82) is 5.26 Å². The Kier molecular flexibility index (Phi) is 4.90. The van der Waals surface area contributed by atoms with Gasteiger partial charge in [0.15, 0.2) is 0 Å². The number of hydrogen-bond acceptors (Lipinski definition) is 4. The molecule has 0 aliphatic carbocycles. The number of nitriles is 1. The average molecular weight is 347 g/mol. The first-order valence-corrected chi connectivity index (χ1v) is 8.42. The molecular formula is C20H21N5O. The highest BCUT2D eigenvalue weighted by Gasteiger charge is 2.24. The maximum absolute atomic E-state index is 12.4. The van der Waals surface area contributed by atoms with Gasteiger partial charge in [0.25, 0.3) is 5.91 Å². The average Bonchev–Trinajstić information content (AvgIpc) is 3.12. The number of nitrogens with zero attached hydrogens (tertiary/aromatic N) is 4. The van der Waals surface area contributed by atoms with Crippen LogP contribution in [0.25, 0.3) is 0 Å². The Bertz CT molecular complexity index is 886. The summed E-state index contributed by atoms with van der Waals surface area (Å²) in [5.74, 6) is -0.201. The van der Waals surface area contributed by atoms with E-state index < -0.39 is 5.54 Å². The highest BCUT2D eigenvalue weighted by Crippen LogP contribution is 2.17. The molecule has 2 heterocycles. The number of aromatic nitrogens is 2. The van der Waals surface area contributed by atoms with Crippen molar-refractivity contribution in [2.75, 3.05) is 6.54 Å². The molecule has 132 valence electrons. The Morgan fingerprint density at radius 1 is 1.35 bits per heavy atom. The number of amides is 1. The minimum absolute atomic E-state index is 0.201. The van der Waals surface area contributed by atoms with Gasteiger partial charge in [-0.1, -0.05) is 30.3 Å². The summed E-state index contributed by atoms with van der Waals surface area (Å²) < 4.78 is 1.74. The quantitative estimate of drug-likeness (QED) is 0.902. The first-order chi connectivity index (χ1) is 12.5. The normalized spacial score (nSPS) is 13.9. The number of nitrogens with one attached hydrogen (secondary N) is 1. The number of rotatable bonds is 5. The maximum atomic E-state index is 12.4. The molecule has 0 radical (unpaired) electrons. The predicted molar refractivity (Wildman–Crippen MR) is 98.9 cm³/mol. The monoisotopic (exact) mass is 347 g/mol. The lowest BCUT2D eigenvalue weighted by atomic mass is 10.0. The molecule has 1 aromatic heterocycles. The topological polar surface area (TPSA) is 74.0 Å². The summed E-state index contributed by atoms with van der Waals surface area (Å²) in [6.45, 7) is 4.90. The van der Waals surface area contributed by atoms with Gasteiger partial charge >= 0.3 is 0 Å². The molecule has 0 atom stereocenters. The van der Waals surface area contributed by atoms with Crippen LogP contribution in [0.4, 0.5) is 0 Å². The molecular weight excluding hydrogens is 326 g/mol. The van der Waals surface area contributed by atoms with E-state index in [4.69, 9.17) is 0 Å². The fourth-order valence-electron chi connectivity index (χ4n) is 2.61. The van der Waals surface area contributed by atoms with E-state index in [9.17, 15) is 10.1 Å². The summed E-state index contributed by atoms with van der Waals surface area (Å²) in [6.07, 6.45) is 8.83. The summed E-state index contributed by atoms with van der Waals surface area (Å²) in [6, 6.07) is 12.2. The molecule has 0 saturated carbocycles. The molecule has 1 amide bonds. The number of carbonyl (C=O) groups excluding carboxylic acids is 1. The molecule has 1 N–H and O–H groups in total. The van der Waals surface area contributed by atoms with Gasteiger partial charge in [-0.3, -0.25) is 9.48 Å². The minimum Gasteiger partial charge on any atom is -0.356 e. The van der Waals surface area contributed by atoms with Crippen LogP contribution in [0.2, 0.25) is 0 Å². The third-order valence-electron chi connectivity index (χ3n) is 4.27. The Morgan fingerprint density at radius 3 is 2.77 bits per heavy atom. The first-order valence-electron chi connectivity index (χ1n) is 8.42. The lowest BCUT2D eigenvalue weighted by Gasteiger charge is -2.33. The Labute approximate surface area is 153 Å². The molecule has 3 rings (SSSR count). The maximum Gasteiger partial charge on any atom is 0.258 e. The van der Waals surface area contributed by atoms with Crippen molar-refractivity contribution in [1.82, 2.24) is 20.0 Å². The molecule has 0 unspecified atom stereocenters. The van der Waals surface area contributed by atoms with Gasteiger partial charge in [-0.15, -0.1) is 0 Å². The molecule has 1 aliphatic heterocycles. The lowest BCUT2D eigenvalue weighted by Crippen LogP contribution is -2.40. The van der Waals surface area contributed by atoms with Crippen LogP contribution < -0.4 is 5.32 Å². The van der Waals surface area contributed by atoms with Crippen LogP contribution >= 0.6 is 0 Å². The van der Waals surface area contributed by atoms with E-state index in [1.54, 1.807) is 23.2 Å². The lowest BCUT2D eigenvalue weighted by molar-refractivity contribution is 0.0966. The van der Waals surface area contributed by atoms with E-state index >= 15 is 0 Å². The fourth-order valence-corrected chi connectivity index (χ4v) is 2.61. The summed E-state index contributed by atoms with van der Waals surface area (Å²) in [5, 5.41) is 16.3. The van der Waals surface area contributed by atoms with Gasteiger partial charge < -0.3 is 10.2 Å². The van der Waals surface area contributed by atoms with Crippen LogP contribution in [0.15, 0.2) is 66.8 Å². The van der Waals surface area contributed by atoms with Crippen molar-refractivity contribution < 1.29 is 4.79 Å². The smallest absolute Gasteiger partial charge is 0.258 e. The summed E-state index contributed by atoms with van der Waals surface area (Å²) >= 11 is 0. The molecule has 0 spiro atoms. The van der Waals surface area contributed by atoms with Crippen molar-refractivity contribution in [3.8, 4) is 6.07 Å². The Balaban J connectivity index is 1.60. The third kappa shape index (κ3) is 4.01. The molecule has 0 bridgehead atoms. The molecule has 6 heteroatoms. The van der Waals surface area contributed by atoms with Crippen molar-refractivity contribution in [2.45, 2.75) is 25.9 Å². The first kappa shape index (κ1) is 17.5. The van der Waals surface area contributed by atoms with E-state index in [-0.39, 0.29) is 5.91 Å². The number of hydrogen-bond donors (Lipinski definition) is 1. The second kappa shape index (κ2) is 7.28. The predicted octanol–water partition coefficient (Wildman–Crippen LogP) is 2.68. The molecule has 6 nitrogen and oxygen atoms in total. The molecule has 26 heavy (non-hydrogen) atoms. The fraction of sp³-hybridized carbons (Fsp3) is 0.250. The second-order valence-corrected chi connectivity index (χ2v) is 6.66. The van der Waals surface area contributed by atoms with Crippen LogP contribution in [0.5, 0.6) is 0 Å². The molecule has 0 saturated heterocycles. The van der Waals surface area contributed by atoms with Crippen molar-refractivity contribution in [2.24, 2.45) is 0 Å². The zero-order chi connectivity index (χ0) is 18.6. The molecule has 1 aromatic carbocycles. The Hall–Kier alpha value is -3.33. The highest BCUT2D eigenvalue weighted by atomic mass is 16.1. The standard InChI is InChI=1S/C20H21N5O/c1-20(2,15-21)24-10-8-18(9-11-24)23-19(26)17-12-22-25(14-17)13-16-6-4-3-5-7-16/h3-10,12,14H,11,13H2,1-2H3,(H,23,26). The summed E-state index contributed by atoms with van der Waals surface area (Å²) in [4.78, 5) is 14.3. The van der Waals surface area contributed by atoms with Gasteiger partial charge in [-0.25, -0.2) is 0 Å². The molecule has 1 aliphatic rings. The Morgan fingerprint density at radius 2 is 2.12 bits per heavy atom. The van der Waals surface area contributed by atoms with Gasteiger partial charge in [0, 0.05) is 24.6 Å². The van der Waals surface area contributed by atoms with E-state index in [0.717, 1.165) is 11.3 Å². The number of allylic oxidation sites excluding steroid dienone is 1. The second-order valence-electron chi connectivity index (χ2n) is 6.66. The SMILES string of the molecule is CC(C)(C#N)N1C=CC(NC(=O)c2cnn(Cc3ccccc3)c2)=CC1. The van der Waals surface area contributed by atoms with Crippen LogP contribution in [0.3, 0.4) is 0 Å². The minimum atomic E-state index is -0.582. The largest absolute Gasteiger partial charge is 0.356 e. The van der Waals surface area contributed by atoms with E-state index in [0.29, 0.717) is 18.7 Å². The molecule has 2 aromatic rings. The van der Waals surface area contributed by atoms with E-state index in [1.807, 2.05) is 61.4 Å². The van der Waals surface area contributed by atoms with Gasteiger partial charge in [0.1, 0.15) is 5.54 Å².